The van der Waals surface area contributed by atoms with Crippen molar-refractivity contribution in [3.63, 3.8) is 0 Å². The predicted molar refractivity (Wildman–Crippen MR) is 151 cm³/mol. The summed E-state index contributed by atoms with van der Waals surface area (Å²) >= 11 is 0. The zero-order chi connectivity index (χ0) is 28.0. The Morgan fingerprint density at radius 1 is 1.05 bits per heavy atom. The minimum absolute atomic E-state index is 0.105. The molecule has 2 unspecified atom stereocenters. The second-order valence-electron chi connectivity index (χ2n) is 10.1. The first kappa shape index (κ1) is 28.3. The first-order valence-corrected chi connectivity index (χ1v) is 15.0. The third-order valence-electron chi connectivity index (χ3n) is 6.83. The zero-order valence-corrected chi connectivity index (χ0v) is 23.0. The van der Waals surface area contributed by atoms with Crippen molar-refractivity contribution in [1.29, 1.82) is 0 Å². The van der Waals surface area contributed by atoms with E-state index >= 15 is 0 Å². The molecule has 206 valence electrons. The lowest BCUT2D eigenvalue weighted by Gasteiger charge is -2.20. The number of carbonyl (C=O) groups is 2. The summed E-state index contributed by atoms with van der Waals surface area (Å²) in [6.07, 6.45) is 1.86. The van der Waals surface area contributed by atoms with Gasteiger partial charge in [-0.1, -0.05) is 48.5 Å². The van der Waals surface area contributed by atoms with Gasteiger partial charge in [-0.2, -0.15) is 0 Å². The number of amides is 1. The van der Waals surface area contributed by atoms with Gasteiger partial charge >= 0.3 is 5.97 Å². The molecule has 0 saturated carbocycles. The summed E-state index contributed by atoms with van der Waals surface area (Å²) < 4.78 is 29.2. The zero-order valence-electron chi connectivity index (χ0n) is 22.2. The summed E-state index contributed by atoms with van der Waals surface area (Å²) in [4.78, 5) is 27.4. The van der Waals surface area contributed by atoms with Crippen LogP contribution in [0.4, 0.5) is 0 Å². The van der Waals surface area contributed by atoms with Gasteiger partial charge in [-0.15, -0.1) is 0 Å². The number of carboxylic acids is 1. The minimum Gasteiger partial charge on any atom is -0.489 e. The van der Waals surface area contributed by atoms with E-state index in [0.29, 0.717) is 17.7 Å². The third kappa shape index (κ3) is 7.91. The molecule has 39 heavy (non-hydrogen) atoms. The Bertz CT molecular complexity index is 1420. The molecule has 2 atom stereocenters. The smallest absolute Gasteiger partial charge is 0.326 e. The van der Waals surface area contributed by atoms with Crippen LogP contribution in [0.15, 0.2) is 72.8 Å². The molecule has 1 saturated heterocycles. The Hall–Kier alpha value is -3.69. The Kier molecular flexibility index (Phi) is 9.04. The predicted octanol–water partition coefficient (Wildman–Crippen LogP) is 3.93. The molecule has 0 aliphatic carbocycles. The third-order valence-corrected chi connectivity index (χ3v) is 7.80. The Morgan fingerprint density at radius 2 is 1.77 bits per heavy atom. The van der Waals surface area contributed by atoms with E-state index in [1.54, 1.807) is 6.07 Å². The van der Waals surface area contributed by atoms with Crippen LogP contribution in [0.1, 0.15) is 34.3 Å². The number of para-hydroxylation sites is 1. The Morgan fingerprint density at radius 3 is 2.46 bits per heavy atom. The fourth-order valence-electron chi connectivity index (χ4n) is 4.80. The van der Waals surface area contributed by atoms with Crippen LogP contribution < -0.4 is 10.1 Å². The lowest BCUT2D eigenvalue weighted by atomic mass is 9.93. The first-order chi connectivity index (χ1) is 18.6. The number of likely N-dealkylation sites (tertiary alicyclic amines) is 1. The summed E-state index contributed by atoms with van der Waals surface area (Å²) in [5.74, 6) is -1.31. The molecule has 0 radical (unpaired) electrons. The normalized spacial score (nSPS) is 16.5. The second kappa shape index (κ2) is 12.4. The van der Waals surface area contributed by atoms with E-state index in [-0.39, 0.29) is 18.3 Å². The van der Waals surface area contributed by atoms with Crippen molar-refractivity contribution in [2.45, 2.75) is 38.5 Å². The van der Waals surface area contributed by atoms with Crippen LogP contribution in [0.3, 0.4) is 0 Å². The monoisotopic (exact) mass is 550 g/mol. The maximum absolute atomic E-state index is 13.3. The molecule has 1 amide bonds. The van der Waals surface area contributed by atoms with Gasteiger partial charge in [-0.25, -0.2) is 13.2 Å². The number of aliphatic carboxylic acids is 1. The summed E-state index contributed by atoms with van der Waals surface area (Å²) in [6, 6.07) is 21.8. The summed E-state index contributed by atoms with van der Waals surface area (Å²) in [5.41, 5.74) is 3.92. The van der Waals surface area contributed by atoms with Crippen molar-refractivity contribution in [1.82, 2.24) is 10.2 Å². The maximum atomic E-state index is 13.3. The Labute approximate surface area is 229 Å². The molecule has 4 rings (SSSR count). The van der Waals surface area contributed by atoms with Crippen molar-refractivity contribution in [2.24, 2.45) is 0 Å². The van der Waals surface area contributed by atoms with Gasteiger partial charge in [0.15, 0.2) is 0 Å². The molecule has 1 aliphatic heterocycles. The van der Waals surface area contributed by atoms with Gasteiger partial charge in [0.05, 0.1) is 5.75 Å². The van der Waals surface area contributed by atoms with Crippen molar-refractivity contribution in [2.75, 3.05) is 25.1 Å². The summed E-state index contributed by atoms with van der Waals surface area (Å²) in [7, 11) is -3.38. The Balaban J connectivity index is 1.54. The van der Waals surface area contributed by atoms with E-state index in [4.69, 9.17) is 4.74 Å². The lowest BCUT2D eigenvalue weighted by Crippen LogP contribution is -2.42. The second-order valence-corrected chi connectivity index (χ2v) is 12.3. The fourth-order valence-corrected chi connectivity index (χ4v) is 5.46. The summed E-state index contributed by atoms with van der Waals surface area (Å²) in [6.45, 7) is 4.32. The molecular weight excluding hydrogens is 516 g/mol. The van der Waals surface area contributed by atoms with Crippen molar-refractivity contribution < 1.29 is 27.9 Å². The average Bonchev–Trinajstić information content (AvgIpc) is 3.33. The molecule has 2 N–H and O–H groups in total. The highest BCUT2D eigenvalue weighted by atomic mass is 32.2. The lowest BCUT2D eigenvalue weighted by molar-refractivity contribution is -0.139. The molecule has 3 aromatic carbocycles. The van der Waals surface area contributed by atoms with Crippen LogP contribution in [-0.2, 0) is 21.2 Å². The highest BCUT2D eigenvalue weighted by Crippen LogP contribution is 2.29. The van der Waals surface area contributed by atoms with Gasteiger partial charge in [-0.05, 0) is 66.3 Å². The molecule has 1 fully saturated rings. The van der Waals surface area contributed by atoms with E-state index in [1.165, 1.54) is 0 Å². The number of hydrogen-bond donors (Lipinski definition) is 2. The van der Waals surface area contributed by atoms with E-state index in [9.17, 15) is 23.1 Å². The highest BCUT2D eigenvalue weighted by Gasteiger charge is 2.26. The molecule has 8 nitrogen and oxygen atoms in total. The van der Waals surface area contributed by atoms with Crippen LogP contribution in [0.25, 0.3) is 11.1 Å². The molecule has 0 spiro atoms. The van der Waals surface area contributed by atoms with E-state index in [1.807, 2.05) is 73.7 Å². The van der Waals surface area contributed by atoms with Crippen LogP contribution in [0.2, 0.25) is 0 Å². The maximum Gasteiger partial charge on any atom is 0.326 e. The molecule has 0 bridgehead atoms. The molecule has 0 aromatic heterocycles. The SMILES string of the molecule is Cc1ccccc1-c1cc(CN2CCC(Oc3ccccc3)C2)ccc1C(=O)NC(CCS(C)(=O)=O)C(=O)O. The highest BCUT2D eigenvalue weighted by molar-refractivity contribution is 7.90. The fraction of sp³-hybridized carbons (Fsp3) is 0.333. The van der Waals surface area contributed by atoms with Crippen LogP contribution in [-0.4, -0.2) is 67.5 Å². The van der Waals surface area contributed by atoms with E-state index in [2.05, 4.69) is 10.2 Å². The topological polar surface area (TPSA) is 113 Å². The van der Waals surface area contributed by atoms with Crippen LogP contribution in [0, 0.1) is 6.92 Å². The van der Waals surface area contributed by atoms with Crippen molar-refractivity contribution in [3.05, 3.63) is 89.5 Å². The number of benzene rings is 3. The molecule has 9 heteroatoms. The number of hydrogen-bond acceptors (Lipinski definition) is 6. The molecular formula is C30H34N2O6S. The van der Waals surface area contributed by atoms with Crippen LogP contribution in [0.5, 0.6) is 5.75 Å². The van der Waals surface area contributed by atoms with Crippen LogP contribution >= 0.6 is 0 Å². The number of carboxylic acid groups (broad SMARTS) is 1. The van der Waals surface area contributed by atoms with Gasteiger partial charge in [-0.3, -0.25) is 9.69 Å². The summed E-state index contributed by atoms with van der Waals surface area (Å²) in [5, 5.41) is 12.1. The standard InChI is InChI=1S/C30H34N2O6S/c1-21-8-6-7-11-25(21)27-18-22(19-32-16-14-24(20-32)38-23-9-4-3-5-10-23)12-13-26(27)29(33)31-28(30(34)35)15-17-39(2,36)37/h3-13,18,24,28H,14-17,19-20H2,1-2H3,(H,31,33)(H,34,35). The van der Waals surface area contributed by atoms with Gasteiger partial charge in [0.2, 0.25) is 0 Å². The number of ether oxygens (including phenoxy) is 1. The number of carbonyl (C=O) groups excluding carboxylic acids is 1. The largest absolute Gasteiger partial charge is 0.489 e. The van der Waals surface area contributed by atoms with E-state index in [0.717, 1.165) is 48.2 Å². The first-order valence-electron chi connectivity index (χ1n) is 12.9. The molecule has 1 heterocycles. The van der Waals surface area contributed by atoms with Crippen molar-refractivity contribution >= 4 is 21.7 Å². The van der Waals surface area contributed by atoms with Gasteiger partial charge in [0, 0.05) is 31.5 Å². The number of rotatable bonds is 11. The number of aryl methyl sites for hydroxylation is 1. The molecule has 1 aliphatic rings. The average molecular weight is 551 g/mol. The van der Waals surface area contributed by atoms with Gasteiger partial charge in [0.1, 0.15) is 27.7 Å². The van der Waals surface area contributed by atoms with Crippen molar-refractivity contribution in [3.8, 4) is 16.9 Å². The quantitative estimate of drug-likeness (QED) is 0.372. The molecule has 3 aromatic rings. The van der Waals surface area contributed by atoms with E-state index < -0.39 is 27.8 Å². The number of nitrogens with one attached hydrogen (secondary N) is 1. The minimum atomic E-state index is -3.38. The van der Waals surface area contributed by atoms with Gasteiger partial charge < -0.3 is 15.2 Å². The number of sulfone groups is 1. The number of nitrogens with zero attached hydrogens (tertiary/aromatic N) is 1. The van der Waals surface area contributed by atoms with Gasteiger partial charge in [0.25, 0.3) is 5.91 Å².